The van der Waals surface area contributed by atoms with E-state index in [1.807, 2.05) is 18.2 Å². The van der Waals surface area contributed by atoms with Gasteiger partial charge < -0.3 is 14.4 Å². The summed E-state index contributed by atoms with van der Waals surface area (Å²) in [5.41, 5.74) is 1.29. The summed E-state index contributed by atoms with van der Waals surface area (Å²) in [6.45, 7) is 0. The van der Waals surface area contributed by atoms with Crippen molar-refractivity contribution in [3.05, 3.63) is 64.7 Å². The van der Waals surface area contributed by atoms with Crippen LogP contribution >= 0.6 is 11.6 Å². The Morgan fingerprint density at radius 2 is 1.85 bits per heavy atom. The highest BCUT2D eigenvalue weighted by Gasteiger charge is 2.43. The van der Waals surface area contributed by atoms with Gasteiger partial charge in [0.1, 0.15) is 11.8 Å². The van der Waals surface area contributed by atoms with Gasteiger partial charge in [-0.1, -0.05) is 35.9 Å². The molecule has 2 aromatic rings. The van der Waals surface area contributed by atoms with Crippen molar-refractivity contribution in [3.63, 3.8) is 0 Å². The number of likely N-dealkylation sites (tertiary alicyclic amines) is 1. The van der Waals surface area contributed by atoms with E-state index in [-0.39, 0.29) is 11.9 Å². The van der Waals surface area contributed by atoms with Crippen LogP contribution in [0, 0.1) is 0 Å². The summed E-state index contributed by atoms with van der Waals surface area (Å²) in [7, 11) is 2.88. The molecule has 5 nitrogen and oxygen atoms in total. The van der Waals surface area contributed by atoms with Crippen LogP contribution < -0.4 is 4.74 Å². The maximum absolute atomic E-state index is 13.3. The molecule has 0 saturated carbocycles. The fraction of sp³-hybridized carbons (Fsp3) is 0.300. The zero-order valence-corrected chi connectivity index (χ0v) is 15.4. The van der Waals surface area contributed by atoms with Gasteiger partial charge in [-0.3, -0.25) is 4.79 Å². The number of rotatable bonds is 4. The van der Waals surface area contributed by atoms with E-state index in [1.54, 1.807) is 42.3 Å². The van der Waals surface area contributed by atoms with Crippen LogP contribution in [0.5, 0.6) is 5.75 Å². The molecule has 0 unspecified atom stereocenters. The molecule has 1 aliphatic rings. The molecular formula is C20H20ClNO4. The highest BCUT2D eigenvalue weighted by atomic mass is 35.5. The van der Waals surface area contributed by atoms with E-state index in [4.69, 9.17) is 21.1 Å². The topological polar surface area (TPSA) is 55.8 Å². The Balaban J connectivity index is 2.02. The molecule has 6 heteroatoms. The number of methoxy groups -OCH3 is 2. The summed E-state index contributed by atoms with van der Waals surface area (Å²) in [6.07, 6.45) is 1.16. The Bertz CT molecular complexity index is 823. The number of nitrogens with zero attached hydrogens (tertiary/aromatic N) is 1. The van der Waals surface area contributed by atoms with E-state index in [1.165, 1.54) is 7.11 Å². The van der Waals surface area contributed by atoms with Crippen molar-refractivity contribution in [1.29, 1.82) is 0 Å². The molecule has 2 aromatic carbocycles. The van der Waals surface area contributed by atoms with Crippen molar-refractivity contribution in [3.8, 4) is 5.75 Å². The molecule has 1 fully saturated rings. The third-order valence-corrected chi connectivity index (χ3v) is 5.02. The van der Waals surface area contributed by atoms with Gasteiger partial charge in [-0.15, -0.1) is 0 Å². The van der Waals surface area contributed by atoms with Crippen LogP contribution in [0.25, 0.3) is 0 Å². The van der Waals surface area contributed by atoms with Gasteiger partial charge in [-0.05, 0) is 42.7 Å². The van der Waals surface area contributed by atoms with Gasteiger partial charge in [0, 0.05) is 10.6 Å². The molecule has 0 bridgehead atoms. The van der Waals surface area contributed by atoms with Gasteiger partial charge in [0.25, 0.3) is 5.91 Å². The molecule has 136 valence electrons. The Hall–Kier alpha value is -2.53. The van der Waals surface area contributed by atoms with E-state index >= 15 is 0 Å². The van der Waals surface area contributed by atoms with Gasteiger partial charge >= 0.3 is 5.97 Å². The van der Waals surface area contributed by atoms with E-state index in [9.17, 15) is 9.59 Å². The van der Waals surface area contributed by atoms with E-state index in [0.717, 1.165) is 5.56 Å². The van der Waals surface area contributed by atoms with Gasteiger partial charge in [0.15, 0.2) is 0 Å². The largest absolute Gasteiger partial charge is 0.497 e. The number of amides is 1. The van der Waals surface area contributed by atoms with Gasteiger partial charge in [-0.25, -0.2) is 4.79 Å². The highest BCUT2D eigenvalue weighted by molar-refractivity contribution is 6.31. The summed E-state index contributed by atoms with van der Waals surface area (Å²) >= 11 is 6.35. The predicted octanol–water partition coefficient (Wildman–Crippen LogP) is 3.87. The van der Waals surface area contributed by atoms with Crippen molar-refractivity contribution in [2.75, 3.05) is 14.2 Å². The molecule has 1 saturated heterocycles. The van der Waals surface area contributed by atoms with Gasteiger partial charge in [-0.2, -0.15) is 0 Å². The summed E-state index contributed by atoms with van der Waals surface area (Å²) in [5.74, 6) is -0.0866. The van der Waals surface area contributed by atoms with Crippen molar-refractivity contribution in [1.82, 2.24) is 4.90 Å². The molecule has 0 spiro atoms. The molecule has 1 heterocycles. The summed E-state index contributed by atoms with van der Waals surface area (Å²) < 4.78 is 10.1. The molecular weight excluding hydrogens is 354 g/mol. The Kier molecular flexibility index (Phi) is 5.47. The van der Waals surface area contributed by atoms with E-state index in [0.29, 0.717) is 29.2 Å². The third kappa shape index (κ3) is 3.40. The Labute approximate surface area is 157 Å². The average Bonchev–Trinajstić information content (AvgIpc) is 3.12. The fourth-order valence-corrected chi connectivity index (χ4v) is 3.68. The summed E-state index contributed by atoms with van der Waals surface area (Å²) in [4.78, 5) is 27.1. The minimum absolute atomic E-state index is 0.248. The van der Waals surface area contributed by atoms with Crippen LogP contribution in [0.4, 0.5) is 0 Å². The first kappa shape index (κ1) is 18.3. The van der Waals surface area contributed by atoms with Gasteiger partial charge in [0.2, 0.25) is 0 Å². The maximum Gasteiger partial charge on any atom is 0.328 e. The van der Waals surface area contributed by atoms with Crippen molar-refractivity contribution in [2.45, 2.75) is 24.9 Å². The molecule has 3 rings (SSSR count). The lowest BCUT2D eigenvalue weighted by molar-refractivity contribution is -0.145. The van der Waals surface area contributed by atoms with Crippen LogP contribution in [-0.4, -0.2) is 37.0 Å². The zero-order valence-electron chi connectivity index (χ0n) is 14.6. The first-order chi connectivity index (χ1) is 12.6. The van der Waals surface area contributed by atoms with Crippen LogP contribution in [0.3, 0.4) is 0 Å². The standard InChI is InChI=1S/C20H20ClNO4/c1-25-14-7-5-6-13(12-14)19(23)22-17(10-11-18(22)20(24)26-2)15-8-3-4-9-16(15)21/h3-9,12,17-18H,10-11H2,1-2H3/t17-,18+/m1/s1. The predicted molar refractivity (Wildman–Crippen MR) is 98.4 cm³/mol. The minimum atomic E-state index is -0.639. The Morgan fingerprint density at radius 1 is 1.08 bits per heavy atom. The number of carbonyl (C=O) groups is 2. The van der Waals surface area contributed by atoms with Crippen LogP contribution in [0.15, 0.2) is 48.5 Å². The first-order valence-corrected chi connectivity index (χ1v) is 8.73. The summed E-state index contributed by atoms with van der Waals surface area (Å²) in [5, 5.41) is 0.575. The first-order valence-electron chi connectivity index (χ1n) is 8.35. The average molecular weight is 374 g/mol. The lowest BCUT2D eigenvalue weighted by Crippen LogP contribution is -2.42. The SMILES string of the molecule is COC(=O)[C@@H]1CC[C@H](c2ccccc2Cl)N1C(=O)c1cccc(OC)c1. The molecule has 2 atom stereocenters. The lowest BCUT2D eigenvalue weighted by Gasteiger charge is -2.30. The number of benzene rings is 2. The lowest BCUT2D eigenvalue weighted by atomic mass is 10.0. The highest BCUT2D eigenvalue weighted by Crippen LogP contribution is 2.40. The van der Waals surface area contributed by atoms with Crippen molar-refractivity contribution >= 4 is 23.5 Å². The monoisotopic (exact) mass is 373 g/mol. The molecule has 26 heavy (non-hydrogen) atoms. The second-order valence-electron chi connectivity index (χ2n) is 6.10. The van der Waals surface area contributed by atoms with Crippen LogP contribution in [0.1, 0.15) is 34.8 Å². The van der Waals surface area contributed by atoms with E-state index < -0.39 is 12.0 Å². The van der Waals surface area contributed by atoms with Crippen molar-refractivity contribution in [2.24, 2.45) is 0 Å². The zero-order chi connectivity index (χ0) is 18.7. The number of halogens is 1. The molecule has 0 aromatic heterocycles. The Morgan fingerprint density at radius 3 is 2.54 bits per heavy atom. The molecule has 1 aliphatic heterocycles. The second kappa shape index (κ2) is 7.79. The van der Waals surface area contributed by atoms with Crippen LogP contribution in [-0.2, 0) is 9.53 Å². The van der Waals surface area contributed by atoms with Gasteiger partial charge in [0.05, 0.1) is 20.3 Å². The summed E-state index contributed by atoms with van der Waals surface area (Å²) in [6, 6.07) is 13.4. The fourth-order valence-electron chi connectivity index (χ4n) is 3.42. The number of carbonyl (C=O) groups excluding carboxylic acids is 2. The number of hydrogen-bond donors (Lipinski definition) is 0. The quantitative estimate of drug-likeness (QED) is 0.763. The molecule has 0 aliphatic carbocycles. The van der Waals surface area contributed by atoms with E-state index in [2.05, 4.69) is 0 Å². The van der Waals surface area contributed by atoms with Crippen LogP contribution in [0.2, 0.25) is 5.02 Å². The third-order valence-electron chi connectivity index (χ3n) is 4.67. The number of hydrogen-bond acceptors (Lipinski definition) is 4. The maximum atomic E-state index is 13.3. The molecule has 0 N–H and O–H groups in total. The number of esters is 1. The van der Waals surface area contributed by atoms with Crippen molar-refractivity contribution < 1.29 is 19.1 Å². The number of ether oxygens (including phenoxy) is 2. The second-order valence-corrected chi connectivity index (χ2v) is 6.51. The molecule has 0 radical (unpaired) electrons. The normalized spacial score (nSPS) is 19.3. The minimum Gasteiger partial charge on any atom is -0.497 e. The smallest absolute Gasteiger partial charge is 0.328 e. The molecule has 1 amide bonds.